The first-order valence-corrected chi connectivity index (χ1v) is 45.2. The van der Waals surface area contributed by atoms with Gasteiger partial charge >= 0.3 is 0 Å². The van der Waals surface area contributed by atoms with Crippen molar-refractivity contribution < 1.29 is 50.3 Å². The predicted molar refractivity (Wildman–Crippen MR) is 501 cm³/mol. The summed E-state index contributed by atoms with van der Waals surface area (Å²) in [5.74, 6) is -5.64. The van der Waals surface area contributed by atoms with Crippen LogP contribution in [-0.2, 0) is 64.8 Å². The molecular formula is C92H66BrCl10F6N19O5. The number of hydrogen-bond acceptors (Lipinski definition) is 14. The maximum atomic E-state index is 14.4. The number of fused-ring (bicyclic) bond motifs is 5. The van der Waals surface area contributed by atoms with E-state index in [1.807, 2.05) is 61.5 Å². The zero-order valence-corrected chi connectivity index (χ0v) is 78.3. The molecule has 0 radical (unpaired) electrons. The Morgan fingerprint density at radius 3 is 0.992 bits per heavy atom. The molecule has 24 nitrogen and oxygen atoms in total. The van der Waals surface area contributed by atoms with E-state index in [1.165, 1.54) is 117 Å². The van der Waals surface area contributed by atoms with Crippen LogP contribution in [0.1, 0.15) is 114 Å². The van der Waals surface area contributed by atoms with Gasteiger partial charge < -0.3 is 24.5 Å². The molecule has 0 N–H and O–H groups in total. The van der Waals surface area contributed by atoms with Crippen LogP contribution in [0.3, 0.4) is 0 Å². The normalized spacial score (nSPS) is 13.8. The van der Waals surface area contributed by atoms with Crippen molar-refractivity contribution in [3.8, 4) is 0 Å². The molecule has 0 saturated carbocycles. The first kappa shape index (κ1) is 94.5. The van der Waals surface area contributed by atoms with E-state index in [9.17, 15) is 50.3 Å². The highest BCUT2D eigenvalue weighted by molar-refractivity contribution is 9.10. The molecule has 0 unspecified atom stereocenters. The summed E-state index contributed by atoms with van der Waals surface area (Å²) in [6.45, 7) is 5.02. The number of nitrogens with zero attached hydrogens (tertiary/aromatic N) is 19. The van der Waals surface area contributed by atoms with Gasteiger partial charge in [-0.2, -0.15) is 25.5 Å². The zero-order chi connectivity index (χ0) is 93.9. The minimum atomic E-state index is -0.669. The fraction of sp³-hybridized carbons (Fsp3) is 0.174. The van der Waals surface area contributed by atoms with Gasteiger partial charge in [0.2, 0.25) is 0 Å². The monoisotopic (exact) mass is 2060 g/mol. The number of hydrogen-bond donors (Lipinski definition) is 0. The van der Waals surface area contributed by atoms with Gasteiger partial charge in [-0.1, -0.05) is 207 Å². The van der Waals surface area contributed by atoms with Gasteiger partial charge in [-0.25, -0.2) is 45.1 Å². The van der Waals surface area contributed by atoms with Gasteiger partial charge in [-0.05, 0) is 151 Å². The van der Waals surface area contributed by atoms with Crippen molar-refractivity contribution in [1.82, 2.24) is 68.8 Å². The number of amides is 5. The molecule has 0 atom stereocenters. The zero-order valence-electron chi connectivity index (χ0n) is 69.1. The topological polar surface area (TPSA) is 242 Å². The summed E-state index contributed by atoms with van der Waals surface area (Å²) in [7, 11) is 0. The molecule has 41 heteroatoms. The second-order valence-corrected chi connectivity index (χ2v) is 34.9. The van der Waals surface area contributed by atoms with E-state index in [-0.39, 0.29) is 125 Å². The van der Waals surface area contributed by atoms with Gasteiger partial charge in [0.1, 0.15) is 31.0 Å². The second-order valence-electron chi connectivity index (χ2n) is 30.3. The van der Waals surface area contributed by atoms with Crippen molar-refractivity contribution in [2.75, 3.05) is 57.2 Å². The molecule has 15 aromatic rings. The summed E-state index contributed by atoms with van der Waals surface area (Å²) >= 11 is 64.5. The van der Waals surface area contributed by atoms with Gasteiger partial charge in [0.15, 0.2) is 57.6 Å². The Hall–Kier alpha value is -11.7. The molecule has 20 rings (SSSR count). The largest absolute Gasteiger partial charge is 0.304 e. The Morgan fingerprint density at radius 1 is 0.308 bits per heavy atom. The van der Waals surface area contributed by atoms with Crippen LogP contribution in [0, 0.1) is 41.8 Å². The maximum Gasteiger partial charge on any atom is 0.279 e. The van der Waals surface area contributed by atoms with Gasteiger partial charge in [-0.15, -0.1) is 0 Å². The van der Waals surface area contributed by atoms with Crippen molar-refractivity contribution in [3.63, 3.8) is 0 Å². The first-order chi connectivity index (χ1) is 64.0. The summed E-state index contributed by atoms with van der Waals surface area (Å²) in [4.78, 5) is 87.5. The molecule has 0 fully saturated rings. The van der Waals surface area contributed by atoms with Crippen molar-refractivity contribution in [2.45, 2.75) is 71.8 Å². The van der Waals surface area contributed by atoms with Crippen LogP contribution in [0.5, 0.6) is 0 Å². The summed E-state index contributed by atoms with van der Waals surface area (Å²) < 4.78 is 94.0. The van der Waals surface area contributed by atoms with Crippen LogP contribution in [0.4, 0.5) is 54.8 Å². The van der Waals surface area contributed by atoms with E-state index in [0.29, 0.717) is 131 Å². The summed E-state index contributed by atoms with van der Waals surface area (Å²) in [5, 5.41) is 23.5. The number of carbonyl (C=O) groups excluding carboxylic acids is 5. The Kier molecular flexibility index (Phi) is 29.1. The number of rotatable bonds is 15. The molecule has 0 spiro atoms. The fourth-order valence-electron chi connectivity index (χ4n) is 15.3. The van der Waals surface area contributed by atoms with Crippen LogP contribution < -0.4 is 24.5 Å². The van der Waals surface area contributed by atoms with Gasteiger partial charge in [0.25, 0.3) is 29.5 Å². The molecule has 5 aliphatic rings. The Morgan fingerprint density at radius 2 is 0.624 bits per heavy atom. The van der Waals surface area contributed by atoms with Crippen molar-refractivity contribution >= 4 is 190 Å². The lowest BCUT2D eigenvalue weighted by atomic mass is 10.1. The average molecular weight is 2070 g/mol. The van der Waals surface area contributed by atoms with Gasteiger partial charge in [0, 0.05) is 85.3 Å². The van der Waals surface area contributed by atoms with E-state index < -0.39 is 52.6 Å². The minimum absolute atomic E-state index is 0.00288. The van der Waals surface area contributed by atoms with E-state index in [4.69, 9.17) is 116 Å². The third-order valence-electron chi connectivity index (χ3n) is 22.0. The fourth-order valence-corrected chi connectivity index (χ4v) is 18.1. The standard InChI is InChI=1S/C20H16Cl2FN3O.C19H14BrClFN3O.C18H12Cl3FN4O.C18H12Cl2F2N4O.C17H12Cl2FN5O/c1-12-5-7-13(8-6-12)11-26-19(22)14-9-10-25(20(27)18(14)24-26)16-4-2-3-15(21)17(16)23;20-18-13-9-10-24(15-8-4-7-14(21)16(15)22)19(26)17(13)23-25(18)11-12-5-2-1-3-6-12;19-11-4-2-7-23-13(11)9-26-17(21)10-6-8-25(18(27)16(10)24-26)14-5-1-3-12(20)15(14)22;19-11-3-1-5-14(15(11)22)25-8-6-10-16(18(25)27)24-26(17(10)20)9-13-12(21)4-2-7-23-13;18-12-2-1-3-13(14(12)20)24-7-4-11-15(17(24)26)23-25(16(11)19)9-10-8-21-5-6-22-10/h2-8H,9-11H2,1H3;1-8H,9-11H2;2*1-5,7H,6,8-9H2;1-3,5-6,8H,4,7,9H2. The van der Waals surface area contributed by atoms with E-state index >= 15 is 0 Å². The Labute approximate surface area is 812 Å². The smallest absolute Gasteiger partial charge is 0.279 e. The molecule has 13 heterocycles. The molecule has 0 saturated heterocycles. The van der Waals surface area contributed by atoms with Crippen LogP contribution in [0.15, 0.2) is 205 Å². The number of aromatic nitrogens is 14. The summed E-state index contributed by atoms with van der Waals surface area (Å²) in [5.41, 5.74) is 9.88. The number of benzene rings is 7. The van der Waals surface area contributed by atoms with Crippen molar-refractivity contribution in [2.24, 2.45) is 0 Å². The number of pyridine rings is 2. The minimum Gasteiger partial charge on any atom is -0.304 e. The lowest BCUT2D eigenvalue weighted by Gasteiger charge is -2.26. The van der Waals surface area contributed by atoms with E-state index in [0.717, 1.165) is 21.3 Å². The van der Waals surface area contributed by atoms with Crippen LogP contribution in [0.2, 0.25) is 50.7 Å². The van der Waals surface area contributed by atoms with Crippen LogP contribution >= 0.6 is 132 Å². The molecule has 0 aliphatic carbocycles. The summed E-state index contributed by atoms with van der Waals surface area (Å²) in [6.07, 6.45) is 10.2. The highest BCUT2D eigenvalue weighted by atomic mass is 79.9. The Bertz CT molecular complexity index is 6710. The number of carbonyl (C=O) groups is 5. The third kappa shape index (κ3) is 19.8. The highest BCUT2D eigenvalue weighted by Crippen LogP contribution is 2.40. The third-order valence-corrected chi connectivity index (χ3v) is 26.4. The second kappa shape index (κ2) is 41.0. The molecule has 678 valence electrons. The molecule has 7 aromatic carbocycles. The first-order valence-electron chi connectivity index (χ1n) is 40.6. The van der Waals surface area contributed by atoms with Gasteiger partial charge in [0.05, 0.1) is 115 Å². The SMILES string of the molecule is Cc1ccc(Cn2nc3c(c2Cl)CCN(c2cccc(Cl)c2F)C3=O)cc1.O=C1c2nn(Cc3ccccc3)c(Br)c2CCN1c1cccc(Cl)c1F.O=C1c2nn(Cc3cnccn3)c(Cl)c2CCN1c1cccc(Cl)c1F.O=C1c2nn(Cc3ncccc3Cl)c(Cl)c2CCN1c1cccc(Cl)c1F.O=C1c2nn(Cc3ncccc3F)c(Cl)c2CCN1c1cccc(Cl)c1F. The van der Waals surface area contributed by atoms with E-state index in [2.05, 4.69) is 61.4 Å². The molecule has 133 heavy (non-hydrogen) atoms. The number of halogens is 17. The number of anilines is 5. The summed E-state index contributed by atoms with van der Waals surface area (Å²) in [6, 6.07) is 46.9. The average Bonchev–Trinajstić information content (AvgIpc) is 1.64. The molecule has 0 bridgehead atoms. The quantitative estimate of drug-likeness (QED) is 0.0867. The lowest BCUT2D eigenvalue weighted by Crippen LogP contribution is -2.38. The van der Waals surface area contributed by atoms with Crippen LogP contribution in [0.25, 0.3) is 0 Å². The van der Waals surface area contributed by atoms with Crippen molar-refractivity contribution in [1.29, 1.82) is 0 Å². The van der Waals surface area contributed by atoms with Gasteiger partial charge in [-0.3, -0.25) is 48.6 Å². The highest BCUT2D eigenvalue weighted by Gasteiger charge is 2.40. The molecule has 5 aliphatic heterocycles. The lowest BCUT2D eigenvalue weighted by molar-refractivity contribution is 0.0966. The molecule has 8 aromatic heterocycles. The predicted octanol–water partition coefficient (Wildman–Crippen LogP) is 21.7. The molecular weight excluding hydrogens is 2000 g/mol. The Balaban J connectivity index is 0.000000121. The van der Waals surface area contributed by atoms with E-state index in [1.54, 1.807) is 82.7 Å². The number of aryl methyl sites for hydroxylation is 1. The van der Waals surface area contributed by atoms with Crippen LogP contribution in [-0.4, -0.2) is 131 Å². The maximum absolute atomic E-state index is 14.4. The van der Waals surface area contributed by atoms with Crippen molar-refractivity contribution in [3.05, 3.63) is 381 Å². The molecule has 5 amide bonds.